The molecule has 3 aromatic rings. The minimum Gasteiger partial charge on any atom is -0.386 e. The molecule has 1 aliphatic rings. The number of anilines is 1. The van der Waals surface area contributed by atoms with Gasteiger partial charge in [0.15, 0.2) is 0 Å². The molecule has 3 N–H and O–H groups in total. The maximum atomic E-state index is 13.9. The van der Waals surface area contributed by atoms with Crippen LogP contribution in [0.5, 0.6) is 0 Å². The fourth-order valence-electron chi connectivity index (χ4n) is 5.03. The van der Waals surface area contributed by atoms with Crippen LogP contribution >= 0.6 is 0 Å². The molecule has 2 amide bonds. The van der Waals surface area contributed by atoms with Gasteiger partial charge in [-0.05, 0) is 87.3 Å². The van der Waals surface area contributed by atoms with Crippen molar-refractivity contribution in [1.82, 2.24) is 25.3 Å². The third-order valence-electron chi connectivity index (χ3n) is 7.36. The Hall–Kier alpha value is -4.63. The Labute approximate surface area is 248 Å². The summed E-state index contributed by atoms with van der Waals surface area (Å²) in [6.07, 6.45) is 0.484. The van der Waals surface area contributed by atoms with Gasteiger partial charge in [0.1, 0.15) is 5.57 Å². The third-order valence-corrected chi connectivity index (χ3v) is 7.36. The third kappa shape index (κ3) is 7.81. The Morgan fingerprint density at radius 2 is 1.79 bits per heavy atom. The first-order valence-electron chi connectivity index (χ1n) is 14.1. The van der Waals surface area contributed by atoms with E-state index in [-0.39, 0.29) is 23.0 Å². The summed E-state index contributed by atoms with van der Waals surface area (Å²) in [5, 5.41) is 21.9. The fraction of sp³-hybridized carbons (Fsp3) is 0.355. The van der Waals surface area contributed by atoms with Crippen molar-refractivity contribution in [2.45, 2.75) is 44.8 Å². The molecule has 9 nitrogen and oxygen atoms in total. The van der Waals surface area contributed by atoms with Crippen molar-refractivity contribution in [1.29, 1.82) is 5.26 Å². The monoisotopic (exact) mass is 593 g/mol. The van der Waals surface area contributed by atoms with E-state index in [0.29, 0.717) is 29.8 Å². The average molecular weight is 594 g/mol. The molecule has 43 heavy (non-hydrogen) atoms. The van der Waals surface area contributed by atoms with Gasteiger partial charge in [0.05, 0.1) is 40.5 Å². The first-order chi connectivity index (χ1) is 20.6. The molecule has 1 fully saturated rings. The lowest BCUT2D eigenvalue weighted by molar-refractivity contribution is -0.137. The first-order valence-corrected chi connectivity index (χ1v) is 14.1. The topological polar surface area (TPSA) is 115 Å². The summed E-state index contributed by atoms with van der Waals surface area (Å²) in [4.78, 5) is 30.0. The molecule has 0 bridgehead atoms. The van der Waals surface area contributed by atoms with Gasteiger partial charge in [0.2, 0.25) is 0 Å². The summed E-state index contributed by atoms with van der Waals surface area (Å²) in [6, 6.07) is 14.3. The van der Waals surface area contributed by atoms with E-state index in [1.807, 2.05) is 6.92 Å². The number of carbonyl (C=O) groups excluding carboxylic acids is 2. The SMILES string of the molecule is CCC(CCN1CCCC1)NC(=O)/C(C(=O)Nc1cccc(C(F)(F)F)c1)=C(/NC)c1ccnn1-c1ccc(C#N)cc1. The first kappa shape index (κ1) is 31.3. The highest BCUT2D eigenvalue weighted by Gasteiger charge is 2.32. The number of hydrogen-bond acceptors (Lipinski definition) is 6. The van der Waals surface area contributed by atoms with Crippen LogP contribution in [0.4, 0.5) is 18.9 Å². The lowest BCUT2D eigenvalue weighted by atomic mass is 10.1. The van der Waals surface area contributed by atoms with Gasteiger partial charge in [-0.25, -0.2) is 4.68 Å². The Morgan fingerprint density at radius 3 is 2.42 bits per heavy atom. The maximum absolute atomic E-state index is 13.9. The number of nitrogens with one attached hydrogen (secondary N) is 3. The molecule has 0 radical (unpaired) electrons. The second-order valence-electron chi connectivity index (χ2n) is 10.2. The Balaban J connectivity index is 1.72. The minimum atomic E-state index is -4.61. The van der Waals surface area contributed by atoms with Crippen molar-refractivity contribution in [2.24, 2.45) is 0 Å². The van der Waals surface area contributed by atoms with Gasteiger partial charge in [0.25, 0.3) is 11.8 Å². The van der Waals surface area contributed by atoms with Crippen molar-refractivity contribution in [2.75, 3.05) is 32.0 Å². The molecule has 4 rings (SSSR count). The molecular weight excluding hydrogens is 559 g/mol. The summed E-state index contributed by atoms with van der Waals surface area (Å²) in [6.45, 7) is 4.77. The smallest absolute Gasteiger partial charge is 0.386 e. The van der Waals surface area contributed by atoms with Crippen LogP contribution in [0.2, 0.25) is 0 Å². The predicted molar refractivity (Wildman–Crippen MR) is 157 cm³/mol. The number of nitrogens with zero attached hydrogens (tertiary/aromatic N) is 4. The second kappa shape index (κ2) is 14.0. The quantitative estimate of drug-likeness (QED) is 0.169. The van der Waals surface area contributed by atoms with E-state index >= 15 is 0 Å². The highest BCUT2D eigenvalue weighted by molar-refractivity contribution is 6.27. The molecule has 12 heteroatoms. The zero-order valence-corrected chi connectivity index (χ0v) is 24.0. The number of carbonyl (C=O) groups is 2. The van der Waals surface area contributed by atoms with Crippen LogP contribution in [0, 0.1) is 11.3 Å². The van der Waals surface area contributed by atoms with E-state index in [4.69, 9.17) is 5.26 Å². The van der Waals surface area contributed by atoms with Crippen LogP contribution in [0.15, 0.2) is 66.4 Å². The summed E-state index contributed by atoms with van der Waals surface area (Å²) in [7, 11) is 1.54. The van der Waals surface area contributed by atoms with Crippen LogP contribution in [-0.4, -0.2) is 59.2 Å². The number of hydrogen-bond donors (Lipinski definition) is 3. The van der Waals surface area contributed by atoms with Crippen molar-refractivity contribution >= 4 is 23.2 Å². The highest BCUT2D eigenvalue weighted by atomic mass is 19.4. The molecular formula is C31H34F3N7O2. The number of amides is 2. The number of likely N-dealkylation sites (tertiary alicyclic amines) is 1. The van der Waals surface area contributed by atoms with Gasteiger partial charge >= 0.3 is 6.18 Å². The number of rotatable bonds is 11. The summed E-state index contributed by atoms with van der Waals surface area (Å²) >= 11 is 0. The van der Waals surface area contributed by atoms with Crippen molar-refractivity contribution in [3.8, 4) is 11.8 Å². The van der Waals surface area contributed by atoms with E-state index in [2.05, 4.69) is 32.0 Å². The largest absolute Gasteiger partial charge is 0.416 e. The lowest BCUT2D eigenvalue weighted by Crippen LogP contribution is -2.41. The van der Waals surface area contributed by atoms with Gasteiger partial charge < -0.3 is 20.9 Å². The average Bonchev–Trinajstić information content (AvgIpc) is 3.70. The van der Waals surface area contributed by atoms with Crippen LogP contribution in [-0.2, 0) is 15.8 Å². The van der Waals surface area contributed by atoms with Crippen molar-refractivity contribution in [3.05, 3.63) is 83.2 Å². The molecule has 0 saturated carbocycles. The standard InChI is InChI=1S/C31H34F3N7O2/c1-3-23(14-18-40-16-4-5-17-40)38-29(42)27(30(43)39-24-8-6-7-22(19-24)31(32,33)34)28(36-2)26-13-15-37-41(26)25-11-9-21(20-35)10-12-25/h6-13,15,19,23,36H,3-5,14,16-18H2,1-2H3,(H,38,42)(H,39,43)/b28-27-. The van der Waals surface area contributed by atoms with Crippen LogP contribution in [0.25, 0.3) is 11.4 Å². The van der Waals surface area contributed by atoms with Crippen LogP contribution in [0.1, 0.15) is 49.4 Å². The summed E-state index contributed by atoms with van der Waals surface area (Å²) < 4.78 is 41.6. The van der Waals surface area contributed by atoms with E-state index in [0.717, 1.165) is 44.6 Å². The van der Waals surface area contributed by atoms with E-state index in [1.165, 1.54) is 23.0 Å². The molecule has 1 aromatic heterocycles. The van der Waals surface area contributed by atoms with Gasteiger partial charge in [-0.15, -0.1) is 0 Å². The number of alkyl halides is 3. The molecule has 1 saturated heterocycles. The maximum Gasteiger partial charge on any atom is 0.416 e. The Kier molecular flexibility index (Phi) is 10.2. The molecule has 2 aromatic carbocycles. The Morgan fingerprint density at radius 1 is 1.07 bits per heavy atom. The zero-order valence-electron chi connectivity index (χ0n) is 24.0. The second-order valence-corrected chi connectivity index (χ2v) is 10.2. The lowest BCUT2D eigenvalue weighted by Gasteiger charge is -2.23. The number of halogens is 3. The highest BCUT2D eigenvalue weighted by Crippen LogP contribution is 2.31. The van der Waals surface area contributed by atoms with Crippen LogP contribution < -0.4 is 16.0 Å². The Bertz CT molecular complexity index is 1500. The van der Waals surface area contributed by atoms with E-state index in [9.17, 15) is 22.8 Å². The van der Waals surface area contributed by atoms with Crippen LogP contribution in [0.3, 0.4) is 0 Å². The molecule has 1 aliphatic heterocycles. The van der Waals surface area contributed by atoms with Gasteiger partial charge in [-0.1, -0.05) is 13.0 Å². The molecule has 2 heterocycles. The minimum absolute atomic E-state index is 0.109. The molecule has 0 aliphatic carbocycles. The number of nitriles is 1. The van der Waals surface area contributed by atoms with E-state index < -0.39 is 23.6 Å². The number of aromatic nitrogens is 2. The normalized spacial score (nSPS) is 14.9. The van der Waals surface area contributed by atoms with Gasteiger partial charge in [-0.3, -0.25) is 9.59 Å². The zero-order chi connectivity index (χ0) is 31.0. The molecule has 1 atom stereocenters. The summed E-state index contributed by atoms with van der Waals surface area (Å²) in [5.74, 6) is -1.56. The predicted octanol–water partition coefficient (Wildman–Crippen LogP) is 4.71. The van der Waals surface area contributed by atoms with Gasteiger partial charge in [-0.2, -0.15) is 23.5 Å². The fourth-order valence-corrected chi connectivity index (χ4v) is 5.03. The van der Waals surface area contributed by atoms with E-state index in [1.54, 1.807) is 37.4 Å². The summed E-state index contributed by atoms with van der Waals surface area (Å²) in [5.41, 5.74) is 0.154. The number of benzene rings is 2. The van der Waals surface area contributed by atoms with Crippen molar-refractivity contribution < 1.29 is 22.8 Å². The molecule has 1 unspecified atom stereocenters. The van der Waals surface area contributed by atoms with Crippen molar-refractivity contribution in [3.63, 3.8) is 0 Å². The molecule has 0 spiro atoms. The van der Waals surface area contributed by atoms with Gasteiger partial charge in [0, 0.05) is 25.3 Å². The molecule has 226 valence electrons.